The average Bonchev–Trinajstić information content (AvgIpc) is 3.41. The van der Waals surface area contributed by atoms with Gasteiger partial charge >= 0.3 is 0 Å². The first kappa shape index (κ1) is 20.4. The Kier molecular flexibility index (Phi) is 6.32. The van der Waals surface area contributed by atoms with Gasteiger partial charge in [-0.2, -0.15) is 0 Å². The Balaban J connectivity index is 0.000000466. The second-order valence-corrected chi connectivity index (χ2v) is 8.77. The second kappa shape index (κ2) is 8.36. The molecule has 3 aliphatic rings. The number of piperidine rings is 1. The number of hydrogen-bond acceptors (Lipinski definition) is 4. The molecule has 0 bridgehead atoms. The van der Waals surface area contributed by atoms with Gasteiger partial charge in [0.25, 0.3) is 0 Å². The monoisotopic (exact) mass is 379 g/mol. The van der Waals surface area contributed by atoms with E-state index in [4.69, 9.17) is 14.2 Å². The fourth-order valence-electron chi connectivity index (χ4n) is 3.99. The molecule has 4 rings (SSSR count). The van der Waals surface area contributed by atoms with Crippen LogP contribution in [0.5, 0.6) is 11.5 Å². The van der Waals surface area contributed by atoms with Crippen LogP contribution in [0.1, 0.15) is 63.6 Å². The molecular weight excluding hydrogens is 345 g/mol. The standard InChI is InChI=1S/C19H29NO3.C3H5F/c1-19(2,3)23-14-6-7-16-15-11-18(22-5)17(21-4)10-13(15)8-9-20(16)12-14;4-3-1-2-3/h10-11,14,16H,6-9,12H2,1-5H3;3H,1-2H2. The maximum atomic E-state index is 11.1. The predicted octanol–water partition coefficient (Wildman–Crippen LogP) is 4.70. The fourth-order valence-corrected chi connectivity index (χ4v) is 3.99. The van der Waals surface area contributed by atoms with E-state index in [-0.39, 0.29) is 5.60 Å². The number of alkyl halides is 1. The molecule has 5 heteroatoms. The third kappa shape index (κ3) is 5.35. The van der Waals surface area contributed by atoms with Gasteiger partial charge in [-0.1, -0.05) is 0 Å². The molecule has 2 aliphatic heterocycles. The number of fused-ring (bicyclic) bond motifs is 3. The molecule has 2 atom stereocenters. The number of hydrogen-bond donors (Lipinski definition) is 0. The summed E-state index contributed by atoms with van der Waals surface area (Å²) in [5.74, 6) is 1.67. The molecule has 0 radical (unpaired) electrons. The van der Waals surface area contributed by atoms with E-state index in [0.29, 0.717) is 12.1 Å². The highest BCUT2D eigenvalue weighted by atomic mass is 19.1. The van der Waals surface area contributed by atoms with Gasteiger partial charge < -0.3 is 14.2 Å². The predicted molar refractivity (Wildman–Crippen MR) is 106 cm³/mol. The highest BCUT2D eigenvalue weighted by Gasteiger charge is 2.35. The lowest BCUT2D eigenvalue weighted by atomic mass is 9.85. The molecule has 4 nitrogen and oxygen atoms in total. The van der Waals surface area contributed by atoms with Crippen LogP contribution in [0.2, 0.25) is 0 Å². The molecule has 152 valence electrons. The number of methoxy groups -OCH3 is 2. The Morgan fingerprint density at radius 2 is 1.63 bits per heavy atom. The van der Waals surface area contributed by atoms with Crippen molar-refractivity contribution in [3.05, 3.63) is 23.3 Å². The van der Waals surface area contributed by atoms with Crippen LogP contribution in [0.25, 0.3) is 0 Å². The Morgan fingerprint density at radius 3 is 2.19 bits per heavy atom. The molecule has 1 aromatic rings. The van der Waals surface area contributed by atoms with Gasteiger partial charge in [0.15, 0.2) is 11.5 Å². The van der Waals surface area contributed by atoms with Crippen molar-refractivity contribution in [2.75, 3.05) is 27.3 Å². The van der Waals surface area contributed by atoms with Crippen molar-refractivity contribution in [2.45, 2.75) is 76.8 Å². The van der Waals surface area contributed by atoms with Crippen LogP contribution < -0.4 is 9.47 Å². The van der Waals surface area contributed by atoms with Crippen molar-refractivity contribution in [3.8, 4) is 11.5 Å². The molecule has 0 spiro atoms. The molecule has 0 amide bonds. The van der Waals surface area contributed by atoms with E-state index in [1.54, 1.807) is 14.2 Å². The topological polar surface area (TPSA) is 30.9 Å². The maximum absolute atomic E-state index is 11.1. The first-order chi connectivity index (χ1) is 12.8. The lowest BCUT2D eigenvalue weighted by molar-refractivity contribution is -0.0971. The summed E-state index contributed by atoms with van der Waals surface area (Å²) in [5, 5.41) is 0. The number of halogens is 1. The van der Waals surface area contributed by atoms with Gasteiger partial charge in [0.05, 0.1) is 25.9 Å². The summed E-state index contributed by atoms with van der Waals surface area (Å²) in [5.41, 5.74) is 2.74. The van der Waals surface area contributed by atoms with Crippen molar-refractivity contribution in [1.82, 2.24) is 4.90 Å². The van der Waals surface area contributed by atoms with Crippen LogP contribution in [0.4, 0.5) is 4.39 Å². The minimum atomic E-state index is -0.417. The smallest absolute Gasteiger partial charge is 0.161 e. The number of ether oxygens (including phenoxy) is 3. The average molecular weight is 380 g/mol. The van der Waals surface area contributed by atoms with Crippen molar-refractivity contribution < 1.29 is 18.6 Å². The molecule has 1 saturated heterocycles. The van der Waals surface area contributed by atoms with Crippen molar-refractivity contribution in [1.29, 1.82) is 0 Å². The summed E-state index contributed by atoms with van der Waals surface area (Å²) in [7, 11) is 3.41. The van der Waals surface area contributed by atoms with Gasteiger partial charge in [0.1, 0.15) is 6.17 Å². The quantitative estimate of drug-likeness (QED) is 0.762. The van der Waals surface area contributed by atoms with Gasteiger partial charge in [-0.05, 0) is 76.1 Å². The molecule has 2 unspecified atom stereocenters. The molecule has 1 saturated carbocycles. The summed E-state index contributed by atoms with van der Waals surface area (Å²) in [6.07, 6.45) is 4.89. The van der Waals surface area contributed by atoms with Gasteiger partial charge in [-0.15, -0.1) is 0 Å². The summed E-state index contributed by atoms with van der Waals surface area (Å²) in [4.78, 5) is 2.58. The van der Waals surface area contributed by atoms with Gasteiger partial charge in [0, 0.05) is 19.1 Å². The zero-order chi connectivity index (χ0) is 19.6. The van der Waals surface area contributed by atoms with Crippen molar-refractivity contribution >= 4 is 0 Å². The van der Waals surface area contributed by atoms with Gasteiger partial charge in [-0.3, -0.25) is 4.90 Å². The summed E-state index contributed by atoms with van der Waals surface area (Å²) in [6, 6.07) is 4.82. The van der Waals surface area contributed by atoms with Crippen molar-refractivity contribution in [2.24, 2.45) is 0 Å². The van der Waals surface area contributed by atoms with Crippen LogP contribution >= 0.6 is 0 Å². The Bertz CT molecular complexity index is 639. The minimum absolute atomic E-state index is 0.0677. The summed E-state index contributed by atoms with van der Waals surface area (Å²) >= 11 is 0. The number of benzene rings is 1. The van der Waals surface area contributed by atoms with E-state index in [1.165, 1.54) is 11.1 Å². The van der Waals surface area contributed by atoms with Crippen molar-refractivity contribution in [3.63, 3.8) is 0 Å². The summed E-state index contributed by atoms with van der Waals surface area (Å²) in [6.45, 7) is 8.54. The van der Waals surface area contributed by atoms with E-state index in [9.17, 15) is 4.39 Å². The second-order valence-electron chi connectivity index (χ2n) is 8.77. The lowest BCUT2D eigenvalue weighted by Gasteiger charge is -2.44. The van der Waals surface area contributed by atoms with E-state index < -0.39 is 6.17 Å². The minimum Gasteiger partial charge on any atom is -0.493 e. The first-order valence-electron chi connectivity index (χ1n) is 10.1. The van der Waals surface area contributed by atoms with E-state index in [2.05, 4.69) is 37.8 Å². The number of rotatable bonds is 3. The van der Waals surface area contributed by atoms with Crippen LogP contribution in [-0.4, -0.2) is 50.1 Å². The zero-order valence-corrected chi connectivity index (χ0v) is 17.4. The SMILES string of the molecule is COc1cc2c(cc1OC)C1CCC(OC(C)(C)C)CN1CC2.FC1CC1. The third-order valence-corrected chi connectivity index (χ3v) is 5.34. The van der Waals surface area contributed by atoms with E-state index in [0.717, 1.165) is 56.7 Å². The Labute approximate surface area is 163 Å². The molecule has 27 heavy (non-hydrogen) atoms. The fraction of sp³-hybridized carbons (Fsp3) is 0.727. The van der Waals surface area contributed by atoms with Gasteiger partial charge in [-0.25, -0.2) is 4.39 Å². The van der Waals surface area contributed by atoms with Gasteiger partial charge in [0.2, 0.25) is 0 Å². The Hall–Kier alpha value is -1.33. The Morgan fingerprint density at radius 1 is 1.00 bits per heavy atom. The molecule has 0 N–H and O–H groups in total. The zero-order valence-electron chi connectivity index (χ0n) is 17.4. The maximum Gasteiger partial charge on any atom is 0.161 e. The number of nitrogens with zero attached hydrogens (tertiary/aromatic N) is 1. The normalized spacial score (nSPS) is 25.0. The molecule has 1 aromatic carbocycles. The van der Waals surface area contributed by atoms with Crippen LogP contribution in [0, 0.1) is 0 Å². The largest absolute Gasteiger partial charge is 0.493 e. The highest BCUT2D eigenvalue weighted by molar-refractivity contribution is 5.49. The van der Waals surface area contributed by atoms with Crippen LogP contribution in [0.15, 0.2) is 12.1 Å². The van der Waals surface area contributed by atoms with E-state index >= 15 is 0 Å². The van der Waals surface area contributed by atoms with Crippen LogP contribution in [0.3, 0.4) is 0 Å². The lowest BCUT2D eigenvalue weighted by Crippen LogP contribution is -2.47. The molecule has 2 heterocycles. The highest BCUT2D eigenvalue weighted by Crippen LogP contribution is 2.42. The molecular formula is C22H34FNO3. The third-order valence-electron chi connectivity index (χ3n) is 5.34. The molecule has 1 aliphatic carbocycles. The van der Waals surface area contributed by atoms with E-state index in [1.807, 2.05) is 0 Å². The summed E-state index contributed by atoms with van der Waals surface area (Å²) < 4.78 is 28.3. The van der Waals surface area contributed by atoms with Crippen LogP contribution in [-0.2, 0) is 11.2 Å². The molecule has 2 fully saturated rings. The first-order valence-corrected chi connectivity index (χ1v) is 10.1. The molecule has 0 aromatic heterocycles.